The second-order valence-electron chi connectivity index (χ2n) is 3.25. The quantitative estimate of drug-likeness (QED) is 0.759. The van der Waals surface area contributed by atoms with E-state index in [1.54, 1.807) is 12.1 Å². The predicted octanol–water partition coefficient (Wildman–Crippen LogP) is 2.78. The Morgan fingerprint density at radius 1 is 1.00 bits per heavy atom. The van der Waals surface area contributed by atoms with Crippen LogP contribution in [0, 0.1) is 6.07 Å². The molecule has 1 heteroatoms. The van der Waals surface area contributed by atoms with E-state index in [1.165, 1.54) is 5.56 Å². The third-order valence-electron chi connectivity index (χ3n) is 2.11. The molecule has 69 valence electrons. The van der Waals surface area contributed by atoms with Gasteiger partial charge in [0.1, 0.15) is 5.75 Å². The molecular formula is C13H11O. The number of phenols is 1. The first-order chi connectivity index (χ1) is 6.84. The average Bonchev–Trinajstić information content (AvgIpc) is 2.19. The molecule has 2 rings (SSSR count). The van der Waals surface area contributed by atoms with Crippen LogP contribution in [0.3, 0.4) is 0 Å². The van der Waals surface area contributed by atoms with Crippen molar-refractivity contribution in [3.05, 3.63) is 65.7 Å². The highest BCUT2D eigenvalue weighted by Gasteiger charge is 1.96. The van der Waals surface area contributed by atoms with Gasteiger partial charge in [-0.15, -0.1) is 0 Å². The van der Waals surface area contributed by atoms with E-state index < -0.39 is 0 Å². The fraction of sp³-hybridized carbons (Fsp3) is 0.0769. The Morgan fingerprint density at radius 3 is 2.50 bits per heavy atom. The third-order valence-corrected chi connectivity index (χ3v) is 2.11. The van der Waals surface area contributed by atoms with Crippen molar-refractivity contribution in [2.45, 2.75) is 6.42 Å². The maximum atomic E-state index is 9.28. The van der Waals surface area contributed by atoms with Crippen molar-refractivity contribution < 1.29 is 5.11 Å². The molecule has 0 saturated carbocycles. The van der Waals surface area contributed by atoms with Crippen LogP contribution in [-0.2, 0) is 6.42 Å². The van der Waals surface area contributed by atoms with Gasteiger partial charge in [0.25, 0.3) is 0 Å². The van der Waals surface area contributed by atoms with Crippen LogP contribution in [0.15, 0.2) is 48.5 Å². The maximum Gasteiger partial charge on any atom is 0.115 e. The summed E-state index contributed by atoms with van der Waals surface area (Å²) in [6.45, 7) is 0. The van der Waals surface area contributed by atoms with Gasteiger partial charge < -0.3 is 5.11 Å². The van der Waals surface area contributed by atoms with Crippen molar-refractivity contribution in [2.24, 2.45) is 0 Å². The van der Waals surface area contributed by atoms with Crippen molar-refractivity contribution in [1.29, 1.82) is 0 Å². The standard InChI is InChI=1S/C13H11O/c14-13-8-4-7-12(10-13)9-11-5-2-1-3-6-11/h2-8,10,14H,9H2. The zero-order valence-corrected chi connectivity index (χ0v) is 7.77. The van der Waals surface area contributed by atoms with E-state index in [0.717, 1.165) is 12.0 Å². The largest absolute Gasteiger partial charge is 0.508 e. The van der Waals surface area contributed by atoms with Crippen LogP contribution in [0.4, 0.5) is 0 Å². The molecule has 0 saturated heterocycles. The molecule has 0 aliphatic rings. The van der Waals surface area contributed by atoms with Crippen LogP contribution < -0.4 is 0 Å². The fourth-order valence-electron chi connectivity index (χ4n) is 1.44. The van der Waals surface area contributed by atoms with Gasteiger partial charge in [-0.05, 0) is 35.7 Å². The van der Waals surface area contributed by atoms with E-state index in [2.05, 4.69) is 6.07 Å². The summed E-state index contributed by atoms with van der Waals surface area (Å²) in [7, 11) is 0. The number of hydrogen-bond donors (Lipinski definition) is 1. The highest BCUT2D eigenvalue weighted by atomic mass is 16.3. The number of benzene rings is 2. The normalized spacial score (nSPS) is 10.0. The Labute approximate surface area is 83.6 Å². The number of aromatic hydroxyl groups is 1. The third kappa shape index (κ3) is 2.13. The van der Waals surface area contributed by atoms with Crippen LogP contribution >= 0.6 is 0 Å². The highest BCUT2D eigenvalue weighted by Crippen LogP contribution is 2.14. The van der Waals surface area contributed by atoms with Gasteiger partial charge in [-0.3, -0.25) is 0 Å². The topological polar surface area (TPSA) is 20.2 Å². The fourth-order valence-corrected chi connectivity index (χ4v) is 1.44. The molecule has 0 heterocycles. The summed E-state index contributed by atoms with van der Waals surface area (Å²) in [5, 5.41) is 9.28. The maximum absolute atomic E-state index is 9.28. The van der Waals surface area contributed by atoms with Crippen molar-refractivity contribution >= 4 is 0 Å². The molecule has 2 aromatic rings. The van der Waals surface area contributed by atoms with E-state index in [4.69, 9.17) is 0 Å². The molecule has 1 N–H and O–H groups in total. The first kappa shape index (κ1) is 8.82. The number of rotatable bonds is 2. The second kappa shape index (κ2) is 3.97. The lowest BCUT2D eigenvalue weighted by atomic mass is 10.1. The van der Waals surface area contributed by atoms with Gasteiger partial charge >= 0.3 is 0 Å². The van der Waals surface area contributed by atoms with E-state index in [9.17, 15) is 5.11 Å². The SMILES string of the molecule is Oc1cccc(Cc2cc[c]cc2)c1. The lowest BCUT2D eigenvalue weighted by Crippen LogP contribution is -1.86. The summed E-state index contributed by atoms with van der Waals surface area (Å²) in [5.74, 6) is 0.324. The van der Waals surface area contributed by atoms with Crippen LogP contribution in [0.1, 0.15) is 11.1 Å². The van der Waals surface area contributed by atoms with Crippen LogP contribution in [0.2, 0.25) is 0 Å². The molecule has 2 aromatic carbocycles. The zero-order valence-electron chi connectivity index (χ0n) is 7.77. The zero-order chi connectivity index (χ0) is 9.80. The molecule has 0 atom stereocenters. The van der Waals surface area contributed by atoms with E-state index >= 15 is 0 Å². The number of phenolic OH excluding ortho intramolecular Hbond substituents is 1. The first-order valence-electron chi connectivity index (χ1n) is 4.57. The second-order valence-corrected chi connectivity index (χ2v) is 3.25. The molecule has 0 aliphatic carbocycles. The summed E-state index contributed by atoms with van der Waals surface area (Å²) in [4.78, 5) is 0. The smallest absolute Gasteiger partial charge is 0.115 e. The van der Waals surface area contributed by atoms with Crippen molar-refractivity contribution in [2.75, 3.05) is 0 Å². The lowest BCUT2D eigenvalue weighted by molar-refractivity contribution is 0.474. The molecule has 0 bridgehead atoms. The summed E-state index contributed by atoms with van der Waals surface area (Å²) >= 11 is 0. The van der Waals surface area contributed by atoms with E-state index in [-0.39, 0.29) is 0 Å². The van der Waals surface area contributed by atoms with Gasteiger partial charge in [0.05, 0.1) is 0 Å². The Morgan fingerprint density at radius 2 is 1.79 bits per heavy atom. The Kier molecular flexibility index (Phi) is 2.50. The molecule has 0 aliphatic heterocycles. The van der Waals surface area contributed by atoms with Crippen LogP contribution in [0.25, 0.3) is 0 Å². The van der Waals surface area contributed by atoms with Gasteiger partial charge in [0.2, 0.25) is 0 Å². The summed E-state index contributed by atoms with van der Waals surface area (Å²) in [6.07, 6.45) is 0.850. The van der Waals surface area contributed by atoms with Gasteiger partial charge in [-0.2, -0.15) is 0 Å². The summed E-state index contributed by atoms with van der Waals surface area (Å²) < 4.78 is 0. The Bertz CT molecular complexity index is 407. The predicted molar refractivity (Wildman–Crippen MR) is 56.2 cm³/mol. The van der Waals surface area contributed by atoms with E-state index in [0.29, 0.717) is 5.75 Å². The van der Waals surface area contributed by atoms with Gasteiger partial charge in [0.15, 0.2) is 0 Å². The molecule has 0 amide bonds. The monoisotopic (exact) mass is 183 g/mol. The van der Waals surface area contributed by atoms with Gasteiger partial charge in [0, 0.05) is 0 Å². The van der Waals surface area contributed by atoms with Gasteiger partial charge in [-0.1, -0.05) is 36.4 Å². The molecule has 0 aromatic heterocycles. The minimum Gasteiger partial charge on any atom is -0.508 e. The minimum absolute atomic E-state index is 0.324. The summed E-state index contributed by atoms with van der Waals surface area (Å²) in [6, 6.07) is 18.2. The summed E-state index contributed by atoms with van der Waals surface area (Å²) in [5.41, 5.74) is 2.35. The average molecular weight is 183 g/mol. The first-order valence-corrected chi connectivity index (χ1v) is 4.57. The molecule has 1 nitrogen and oxygen atoms in total. The molecular weight excluding hydrogens is 172 g/mol. The molecule has 0 fully saturated rings. The van der Waals surface area contributed by atoms with Gasteiger partial charge in [-0.25, -0.2) is 0 Å². The van der Waals surface area contributed by atoms with Crippen LogP contribution in [-0.4, -0.2) is 5.11 Å². The Hall–Kier alpha value is -1.76. The highest BCUT2D eigenvalue weighted by molar-refractivity contribution is 5.31. The molecule has 0 unspecified atom stereocenters. The molecule has 14 heavy (non-hydrogen) atoms. The van der Waals surface area contributed by atoms with E-state index in [1.807, 2.05) is 36.4 Å². The van der Waals surface area contributed by atoms with Crippen LogP contribution in [0.5, 0.6) is 5.75 Å². The van der Waals surface area contributed by atoms with Crippen molar-refractivity contribution in [3.8, 4) is 5.75 Å². The molecule has 1 radical (unpaired) electrons. The number of hydrogen-bond acceptors (Lipinski definition) is 1. The van der Waals surface area contributed by atoms with Crippen molar-refractivity contribution in [3.63, 3.8) is 0 Å². The van der Waals surface area contributed by atoms with Crippen molar-refractivity contribution in [1.82, 2.24) is 0 Å². The molecule has 0 spiro atoms. The lowest BCUT2D eigenvalue weighted by Gasteiger charge is -2.01. The minimum atomic E-state index is 0.324. The Balaban J connectivity index is 2.19.